The van der Waals surface area contributed by atoms with Crippen LogP contribution >= 0.6 is 0 Å². The zero-order valence-electron chi connectivity index (χ0n) is 18.8. The van der Waals surface area contributed by atoms with Gasteiger partial charge in [-0.05, 0) is 42.3 Å². The molecule has 34 heavy (non-hydrogen) atoms. The number of anilines is 4. The Hall–Kier alpha value is -4.03. The van der Waals surface area contributed by atoms with E-state index in [9.17, 15) is 15.2 Å². The quantitative estimate of drug-likeness (QED) is 0.548. The molecular weight excluding hydrogens is 435 g/mol. The number of carbonyl (C=O) groups excluding carboxylic acids is 1. The molecule has 1 aromatic heterocycles. The lowest BCUT2D eigenvalue weighted by molar-refractivity contribution is -0.116. The van der Waals surface area contributed by atoms with Gasteiger partial charge in [-0.1, -0.05) is 6.92 Å². The van der Waals surface area contributed by atoms with Crippen LogP contribution in [0.2, 0.25) is 0 Å². The zero-order valence-corrected chi connectivity index (χ0v) is 18.8. The van der Waals surface area contributed by atoms with Gasteiger partial charge in [0.25, 0.3) is 0 Å². The lowest BCUT2D eigenvalue weighted by atomic mass is 9.83. The van der Waals surface area contributed by atoms with Crippen LogP contribution in [0.5, 0.6) is 0 Å². The highest BCUT2D eigenvalue weighted by molar-refractivity contribution is 5.94. The van der Waals surface area contributed by atoms with Crippen LogP contribution in [0.3, 0.4) is 0 Å². The molecule has 3 N–H and O–H groups in total. The van der Waals surface area contributed by atoms with Crippen molar-refractivity contribution in [3.8, 4) is 17.3 Å². The minimum absolute atomic E-state index is 0.0590. The molecule has 0 fully saturated rings. The highest BCUT2D eigenvalue weighted by Crippen LogP contribution is 2.41. The molecule has 3 heterocycles. The topological polar surface area (TPSA) is 114 Å². The number of hydrogen-bond acceptors (Lipinski definition) is 7. The maximum Gasteiger partial charge on any atom is 0.227 e. The van der Waals surface area contributed by atoms with Crippen molar-refractivity contribution in [1.29, 1.82) is 5.26 Å². The van der Waals surface area contributed by atoms with Crippen LogP contribution in [0.25, 0.3) is 11.3 Å². The number of carbonyl (C=O) groups is 1. The monoisotopic (exact) mass is 458 g/mol. The second kappa shape index (κ2) is 8.08. The van der Waals surface area contributed by atoms with Crippen molar-refractivity contribution < 1.29 is 14.3 Å². The van der Waals surface area contributed by atoms with E-state index < -0.39 is 11.2 Å². The molecule has 1 atom stereocenters. The molecule has 5 rings (SSSR count). The fourth-order valence-electron chi connectivity index (χ4n) is 4.63. The minimum Gasteiger partial charge on any atom is -0.395 e. The van der Waals surface area contributed by atoms with E-state index in [4.69, 9.17) is 0 Å². The van der Waals surface area contributed by atoms with Crippen molar-refractivity contribution in [2.24, 2.45) is 0 Å². The fourth-order valence-corrected chi connectivity index (χ4v) is 4.63. The van der Waals surface area contributed by atoms with Crippen molar-refractivity contribution in [2.75, 3.05) is 35.2 Å². The number of benzene rings is 2. The molecule has 1 unspecified atom stereocenters. The molecule has 0 aliphatic carbocycles. The summed E-state index contributed by atoms with van der Waals surface area (Å²) in [7, 11) is 0. The van der Waals surface area contributed by atoms with Gasteiger partial charge in [-0.3, -0.25) is 4.79 Å². The van der Waals surface area contributed by atoms with Gasteiger partial charge >= 0.3 is 0 Å². The van der Waals surface area contributed by atoms with Crippen LogP contribution in [0.15, 0.2) is 36.5 Å². The lowest BCUT2D eigenvalue weighted by Crippen LogP contribution is -2.28. The van der Waals surface area contributed by atoms with E-state index in [-0.39, 0.29) is 24.1 Å². The Balaban J connectivity index is 1.49. The average molecular weight is 458 g/mol. The van der Waals surface area contributed by atoms with E-state index >= 15 is 4.39 Å². The Morgan fingerprint density at radius 2 is 2.21 bits per heavy atom. The van der Waals surface area contributed by atoms with Crippen LogP contribution in [-0.2, 0) is 16.6 Å². The SMILES string of the molecule is CC(=O)N1CCc2c1ccc(Nc1nccc(-c3cc(C#N)c4c(c3)C(C)(CO)CN4)n1)c2F. The fraction of sp³-hybridized carbons (Fsp3) is 0.280. The molecule has 0 saturated carbocycles. The molecule has 0 radical (unpaired) electrons. The summed E-state index contributed by atoms with van der Waals surface area (Å²) in [4.78, 5) is 22.1. The van der Waals surface area contributed by atoms with E-state index in [1.165, 1.54) is 6.92 Å². The number of hydrogen-bond donors (Lipinski definition) is 3. The Bertz CT molecular complexity index is 1370. The Morgan fingerprint density at radius 3 is 2.94 bits per heavy atom. The number of rotatable bonds is 4. The van der Waals surface area contributed by atoms with Gasteiger partial charge in [-0.25, -0.2) is 14.4 Å². The van der Waals surface area contributed by atoms with Gasteiger partial charge < -0.3 is 20.6 Å². The summed E-state index contributed by atoms with van der Waals surface area (Å²) in [5.41, 5.74) is 4.13. The van der Waals surface area contributed by atoms with E-state index in [2.05, 4.69) is 26.7 Å². The maximum atomic E-state index is 15.2. The van der Waals surface area contributed by atoms with E-state index in [0.717, 1.165) is 11.3 Å². The third-order valence-electron chi connectivity index (χ3n) is 6.59. The Labute approximate surface area is 196 Å². The largest absolute Gasteiger partial charge is 0.395 e. The molecule has 0 spiro atoms. The first kappa shape index (κ1) is 21.8. The second-order valence-corrected chi connectivity index (χ2v) is 8.87. The minimum atomic E-state index is -0.508. The molecule has 2 aliphatic rings. The number of amides is 1. The van der Waals surface area contributed by atoms with Crippen LogP contribution in [0.4, 0.5) is 27.4 Å². The highest BCUT2D eigenvalue weighted by Gasteiger charge is 2.36. The first-order chi connectivity index (χ1) is 16.3. The number of halogens is 1. The highest BCUT2D eigenvalue weighted by atomic mass is 19.1. The predicted molar refractivity (Wildman–Crippen MR) is 127 cm³/mol. The zero-order chi connectivity index (χ0) is 24.0. The summed E-state index contributed by atoms with van der Waals surface area (Å²) in [6.45, 7) is 4.34. The average Bonchev–Trinajstić information content (AvgIpc) is 3.43. The molecular formula is C25H23FN6O2. The molecule has 0 saturated heterocycles. The summed E-state index contributed by atoms with van der Waals surface area (Å²) in [6, 6.07) is 10.9. The molecule has 2 aliphatic heterocycles. The lowest BCUT2D eigenvalue weighted by Gasteiger charge is -2.21. The van der Waals surface area contributed by atoms with E-state index in [1.54, 1.807) is 35.4 Å². The van der Waals surface area contributed by atoms with Gasteiger partial charge in [0.1, 0.15) is 6.07 Å². The van der Waals surface area contributed by atoms with Crippen LogP contribution < -0.4 is 15.5 Å². The molecule has 1 amide bonds. The molecule has 172 valence electrons. The van der Waals surface area contributed by atoms with Gasteiger partial charge in [0.05, 0.1) is 29.2 Å². The van der Waals surface area contributed by atoms with E-state index in [1.807, 2.05) is 13.0 Å². The van der Waals surface area contributed by atoms with Crippen molar-refractivity contribution in [2.45, 2.75) is 25.7 Å². The molecule has 8 nitrogen and oxygen atoms in total. The number of nitrogens with one attached hydrogen (secondary N) is 2. The van der Waals surface area contributed by atoms with Gasteiger partial charge in [-0.2, -0.15) is 5.26 Å². The van der Waals surface area contributed by atoms with Crippen LogP contribution in [0, 0.1) is 17.1 Å². The van der Waals surface area contributed by atoms with Crippen LogP contribution in [0.1, 0.15) is 30.5 Å². The van der Waals surface area contributed by atoms with Gasteiger partial charge in [-0.15, -0.1) is 0 Å². The summed E-state index contributed by atoms with van der Waals surface area (Å²) in [6.07, 6.45) is 2.01. The third kappa shape index (κ3) is 3.43. The summed E-state index contributed by atoms with van der Waals surface area (Å²) < 4.78 is 15.2. The van der Waals surface area contributed by atoms with Crippen molar-refractivity contribution in [3.05, 3.63) is 59.0 Å². The number of aliphatic hydroxyl groups is 1. The summed E-state index contributed by atoms with van der Waals surface area (Å²) >= 11 is 0. The molecule has 9 heteroatoms. The maximum absolute atomic E-state index is 15.2. The van der Waals surface area contributed by atoms with E-state index in [0.29, 0.717) is 47.6 Å². The standard InChI is InChI=1S/C25H23FN6O2/c1-14(34)32-8-6-17-21(32)4-3-20(22(17)26)31-24-28-7-5-19(30-24)15-9-16(11-27)23-18(10-15)25(2,13-33)12-29-23/h3-5,7,9-10,29,33H,6,8,12-13H2,1-2H3,(H,28,30,31). The van der Waals surface area contributed by atoms with Crippen molar-refractivity contribution in [1.82, 2.24) is 9.97 Å². The Kier molecular flexibility index (Phi) is 5.18. The number of aromatic nitrogens is 2. The van der Waals surface area contributed by atoms with Gasteiger partial charge in [0.15, 0.2) is 5.82 Å². The number of nitrogens with zero attached hydrogens (tertiary/aromatic N) is 4. The smallest absolute Gasteiger partial charge is 0.227 e. The number of aliphatic hydroxyl groups excluding tert-OH is 1. The summed E-state index contributed by atoms with van der Waals surface area (Å²) in [5.74, 6) is -0.336. The predicted octanol–water partition coefficient (Wildman–Crippen LogP) is 3.48. The first-order valence-electron chi connectivity index (χ1n) is 11.0. The van der Waals surface area contributed by atoms with Crippen molar-refractivity contribution in [3.63, 3.8) is 0 Å². The second-order valence-electron chi connectivity index (χ2n) is 8.87. The van der Waals surface area contributed by atoms with Crippen molar-refractivity contribution >= 4 is 28.9 Å². The van der Waals surface area contributed by atoms with Crippen LogP contribution in [-0.4, -0.2) is 40.7 Å². The van der Waals surface area contributed by atoms with Gasteiger partial charge in [0, 0.05) is 48.4 Å². The molecule has 0 bridgehead atoms. The van der Waals surface area contributed by atoms with Gasteiger partial charge in [0.2, 0.25) is 11.9 Å². The number of nitriles is 1. The first-order valence-corrected chi connectivity index (χ1v) is 11.0. The molecule has 3 aromatic rings. The normalized spacial score (nSPS) is 18.1. The summed E-state index contributed by atoms with van der Waals surface area (Å²) in [5, 5.41) is 25.8. The Morgan fingerprint density at radius 1 is 1.38 bits per heavy atom. The molecule has 2 aromatic carbocycles. The number of fused-ring (bicyclic) bond motifs is 2. The third-order valence-corrected chi connectivity index (χ3v) is 6.59.